The lowest BCUT2D eigenvalue weighted by Gasteiger charge is -2.27. The van der Waals surface area contributed by atoms with Gasteiger partial charge in [-0.3, -0.25) is 4.90 Å². The van der Waals surface area contributed by atoms with Gasteiger partial charge in [0.25, 0.3) is 0 Å². The van der Waals surface area contributed by atoms with E-state index in [1.807, 2.05) is 12.1 Å². The van der Waals surface area contributed by atoms with Crippen LogP contribution in [0.15, 0.2) is 24.5 Å². The maximum atomic E-state index is 9.78. The molecule has 10 heteroatoms. The minimum Gasteiger partial charge on any atom is -0.393 e. The standard InChI is InChI=1S/C22H28ClN7O2/c23-17-11-14(12-30-7-9-32-10-8-30)1-6-18(17)27-22-28-20-19(24-13-25-20)21(29-22)26-15-2-4-16(31)5-3-15/h1,6,11,13,15-16,31H,2-5,7-10,12H2,(H3,24,25,26,27,28,29). The molecule has 0 spiro atoms. The SMILES string of the molecule is OC1CCC(Nc2nc(Nc3ccc(CN4CCOCC4)cc3Cl)nc3[nH]cnc23)CC1. The van der Waals surface area contributed by atoms with Crippen molar-refractivity contribution in [1.29, 1.82) is 0 Å². The summed E-state index contributed by atoms with van der Waals surface area (Å²) >= 11 is 6.58. The summed E-state index contributed by atoms with van der Waals surface area (Å²) < 4.78 is 5.42. The van der Waals surface area contributed by atoms with Gasteiger partial charge in [0, 0.05) is 25.7 Å². The zero-order valence-electron chi connectivity index (χ0n) is 17.9. The molecule has 0 atom stereocenters. The molecule has 32 heavy (non-hydrogen) atoms. The first-order valence-electron chi connectivity index (χ1n) is 11.2. The number of morpholine rings is 1. The van der Waals surface area contributed by atoms with Crippen molar-refractivity contribution in [3.05, 3.63) is 35.1 Å². The van der Waals surface area contributed by atoms with Crippen LogP contribution in [-0.4, -0.2) is 68.4 Å². The monoisotopic (exact) mass is 457 g/mol. The maximum absolute atomic E-state index is 9.78. The molecule has 1 aromatic carbocycles. The number of imidazole rings is 1. The van der Waals surface area contributed by atoms with Crippen molar-refractivity contribution in [3.8, 4) is 0 Å². The molecule has 1 saturated heterocycles. The first-order chi connectivity index (χ1) is 15.6. The highest BCUT2D eigenvalue weighted by atomic mass is 35.5. The molecule has 0 amide bonds. The van der Waals surface area contributed by atoms with E-state index in [1.165, 1.54) is 0 Å². The lowest BCUT2D eigenvalue weighted by molar-refractivity contribution is 0.0342. The smallest absolute Gasteiger partial charge is 0.231 e. The average Bonchev–Trinajstić information content (AvgIpc) is 3.27. The molecule has 1 aliphatic heterocycles. The van der Waals surface area contributed by atoms with Gasteiger partial charge in [0.2, 0.25) is 5.95 Å². The molecule has 1 aliphatic carbocycles. The van der Waals surface area contributed by atoms with Crippen LogP contribution in [0, 0.1) is 0 Å². The number of benzene rings is 1. The molecule has 3 heterocycles. The van der Waals surface area contributed by atoms with Crippen LogP contribution in [0.2, 0.25) is 5.02 Å². The van der Waals surface area contributed by atoms with Crippen LogP contribution in [0.3, 0.4) is 0 Å². The van der Waals surface area contributed by atoms with E-state index < -0.39 is 0 Å². The molecule has 0 unspecified atom stereocenters. The second kappa shape index (κ2) is 9.58. The van der Waals surface area contributed by atoms with Gasteiger partial charge < -0.3 is 25.5 Å². The normalized spacial score (nSPS) is 22.2. The molecule has 1 saturated carbocycles. The molecule has 9 nitrogen and oxygen atoms in total. The molecule has 4 N–H and O–H groups in total. The Labute approximate surface area is 191 Å². The van der Waals surface area contributed by atoms with E-state index in [1.54, 1.807) is 6.33 Å². The van der Waals surface area contributed by atoms with Crippen molar-refractivity contribution in [2.45, 2.75) is 44.4 Å². The quantitative estimate of drug-likeness (QED) is 0.446. The van der Waals surface area contributed by atoms with Crippen molar-refractivity contribution in [3.63, 3.8) is 0 Å². The van der Waals surface area contributed by atoms with E-state index in [4.69, 9.17) is 16.3 Å². The number of aliphatic hydroxyl groups is 1. The van der Waals surface area contributed by atoms with Crippen LogP contribution in [0.5, 0.6) is 0 Å². The number of ether oxygens (including phenoxy) is 1. The number of nitrogens with zero attached hydrogens (tertiary/aromatic N) is 4. The zero-order valence-corrected chi connectivity index (χ0v) is 18.6. The fourth-order valence-corrected chi connectivity index (χ4v) is 4.55. The van der Waals surface area contributed by atoms with Crippen LogP contribution >= 0.6 is 11.6 Å². The summed E-state index contributed by atoms with van der Waals surface area (Å²) in [4.78, 5) is 19.0. The van der Waals surface area contributed by atoms with Gasteiger partial charge in [0.15, 0.2) is 11.5 Å². The number of nitrogens with one attached hydrogen (secondary N) is 3. The molecule has 3 aromatic rings. The number of aliphatic hydroxyl groups excluding tert-OH is 1. The summed E-state index contributed by atoms with van der Waals surface area (Å²) in [6.07, 6.45) is 4.81. The molecule has 0 bridgehead atoms. The number of hydrogen-bond donors (Lipinski definition) is 4. The predicted octanol–water partition coefficient (Wildman–Crippen LogP) is 3.30. The van der Waals surface area contributed by atoms with E-state index in [0.717, 1.165) is 69.8 Å². The Morgan fingerprint density at radius 2 is 1.97 bits per heavy atom. The van der Waals surface area contributed by atoms with Crippen LogP contribution in [-0.2, 0) is 11.3 Å². The highest BCUT2D eigenvalue weighted by Gasteiger charge is 2.21. The number of aromatic amines is 1. The summed E-state index contributed by atoms with van der Waals surface area (Å²) in [5.41, 5.74) is 3.27. The van der Waals surface area contributed by atoms with Gasteiger partial charge in [0.1, 0.15) is 5.52 Å². The van der Waals surface area contributed by atoms with Gasteiger partial charge in [-0.2, -0.15) is 9.97 Å². The number of halogens is 1. The Balaban J connectivity index is 1.32. The lowest BCUT2D eigenvalue weighted by atomic mass is 9.93. The molecular formula is C22H28ClN7O2. The maximum Gasteiger partial charge on any atom is 0.231 e. The van der Waals surface area contributed by atoms with Gasteiger partial charge in [-0.15, -0.1) is 0 Å². The van der Waals surface area contributed by atoms with Crippen molar-refractivity contribution >= 4 is 40.2 Å². The Morgan fingerprint density at radius 3 is 2.75 bits per heavy atom. The molecule has 5 rings (SSSR count). The fourth-order valence-electron chi connectivity index (χ4n) is 4.30. The Bertz CT molecular complexity index is 1060. The third-order valence-electron chi connectivity index (χ3n) is 6.11. The second-order valence-corrected chi connectivity index (χ2v) is 8.88. The number of anilines is 3. The fraction of sp³-hybridized carbons (Fsp3) is 0.500. The first kappa shape index (κ1) is 21.4. The molecule has 170 valence electrons. The van der Waals surface area contributed by atoms with Gasteiger partial charge in [-0.25, -0.2) is 4.98 Å². The van der Waals surface area contributed by atoms with E-state index in [0.29, 0.717) is 28.0 Å². The van der Waals surface area contributed by atoms with Crippen LogP contribution in [0.25, 0.3) is 11.2 Å². The van der Waals surface area contributed by atoms with Crippen molar-refractivity contribution in [2.75, 3.05) is 36.9 Å². The zero-order chi connectivity index (χ0) is 21.9. The summed E-state index contributed by atoms with van der Waals surface area (Å²) in [5, 5.41) is 17.1. The van der Waals surface area contributed by atoms with E-state index >= 15 is 0 Å². The number of fused-ring (bicyclic) bond motifs is 1. The number of H-pyrrole nitrogens is 1. The van der Waals surface area contributed by atoms with Gasteiger partial charge >= 0.3 is 0 Å². The number of aromatic nitrogens is 4. The summed E-state index contributed by atoms with van der Waals surface area (Å²) in [6, 6.07) is 6.28. The third-order valence-corrected chi connectivity index (χ3v) is 6.42. The second-order valence-electron chi connectivity index (χ2n) is 8.47. The molecule has 2 aliphatic rings. The first-order valence-corrected chi connectivity index (χ1v) is 11.5. The minimum atomic E-state index is -0.200. The van der Waals surface area contributed by atoms with Crippen molar-refractivity contribution in [2.24, 2.45) is 0 Å². The summed E-state index contributed by atoms with van der Waals surface area (Å²) in [6.45, 7) is 4.28. The van der Waals surface area contributed by atoms with Crippen LogP contribution < -0.4 is 10.6 Å². The Kier molecular flexibility index (Phi) is 6.40. The lowest BCUT2D eigenvalue weighted by Crippen LogP contribution is -2.35. The Hall–Kier alpha value is -2.46. The van der Waals surface area contributed by atoms with Crippen LogP contribution in [0.4, 0.5) is 17.5 Å². The minimum absolute atomic E-state index is 0.200. The van der Waals surface area contributed by atoms with Crippen LogP contribution in [0.1, 0.15) is 31.2 Å². The highest BCUT2D eigenvalue weighted by Crippen LogP contribution is 2.29. The summed E-state index contributed by atoms with van der Waals surface area (Å²) in [7, 11) is 0. The average molecular weight is 458 g/mol. The number of hydrogen-bond acceptors (Lipinski definition) is 8. The van der Waals surface area contributed by atoms with Crippen molar-refractivity contribution in [1.82, 2.24) is 24.8 Å². The van der Waals surface area contributed by atoms with Gasteiger partial charge in [-0.1, -0.05) is 17.7 Å². The highest BCUT2D eigenvalue weighted by molar-refractivity contribution is 6.33. The largest absolute Gasteiger partial charge is 0.393 e. The topological polar surface area (TPSA) is 111 Å². The molecule has 2 aromatic heterocycles. The number of rotatable bonds is 6. The molecule has 0 radical (unpaired) electrons. The van der Waals surface area contributed by atoms with E-state index in [9.17, 15) is 5.11 Å². The van der Waals surface area contributed by atoms with Gasteiger partial charge in [0.05, 0.1) is 36.4 Å². The predicted molar refractivity (Wildman–Crippen MR) is 124 cm³/mol. The third kappa shape index (κ3) is 4.96. The molecule has 2 fully saturated rings. The van der Waals surface area contributed by atoms with Gasteiger partial charge in [-0.05, 0) is 43.4 Å². The summed E-state index contributed by atoms with van der Waals surface area (Å²) in [5.74, 6) is 1.13. The molecular weight excluding hydrogens is 430 g/mol. The van der Waals surface area contributed by atoms with Crippen molar-refractivity contribution < 1.29 is 9.84 Å². The Morgan fingerprint density at radius 1 is 1.16 bits per heavy atom. The van der Waals surface area contributed by atoms with E-state index in [-0.39, 0.29) is 12.1 Å². The van der Waals surface area contributed by atoms with E-state index in [2.05, 4.69) is 41.5 Å².